The minimum absolute atomic E-state index is 0.255. The van der Waals surface area contributed by atoms with Gasteiger partial charge in [-0.1, -0.05) is 103 Å². The third kappa shape index (κ3) is 3.96. The van der Waals surface area contributed by atoms with E-state index in [4.69, 9.17) is 4.42 Å². The smallest absolute Gasteiger partial charge is 0.222 e. The zero-order chi connectivity index (χ0) is 25.2. The normalized spacial score (nSPS) is 14.8. The maximum Gasteiger partial charge on any atom is 0.222 e. The molecule has 0 saturated heterocycles. The minimum atomic E-state index is -3.32. The van der Waals surface area contributed by atoms with Crippen LogP contribution in [-0.4, -0.2) is 5.78 Å². The van der Waals surface area contributed by atoms with Crippen LogP contribution in [0.4, 0.5) is 5.69 Å². The number of benzene rings is 4. The molecule has 0 N–H and O–H groups in total. The average Bonchev–Trinajstić information content (AvgIpc) is 3.52. The second-order valence-corrected chi connectivity index (χ2v) is 11.7. The number of ketones is 1. The Morgan fingerprint density at radius 3 is 1.95 bits per heavy atom. The van der Waals surface area contributed by atoms with E-state index in [0.29, 0.717) is 0 Å². The number of carbonyl (C=O) groups excluding carboxylic acids is 1. The summed E-state index contributed by atoms with van der Waals surface area (Å²) in [4.78, 5) is 14.9. The highest BCUT2D eigenvalue weighted by atomic mass is 31.2. The van der Waals surface area contributed by atoms with Crippen LogP contribution in [0.1, 0.15) is 21.9 Å². The quantitative estimate of drug-likeness (QED) is 0.141. The Morgan fingerprint density at radius 1 is 0.703 bits per heavy atom. The van der Waals surface area contributed by atoms with E-state index in [1.807, 2.05) is 102 Å². The number of nitrogens with zero attached hydrogens (tertiary/aromatic N) is 1. The molecule has 1 atom stereocenters. The van der Waals surface area contributed by atoms with Gasteiger partial charge in [-0.15, -0.1) is 0 Å². The lowest BCUT2D eigenvalue weighted by Crippen LogP contribution is -2.34. The molecule has 0 aliphatic carbocycles. The molecule has 0 fully saturated rings. The maximum absolute atomic E-state index is 15.6. The summed E-state index contributed by atoms with van der Waals surface area (Å²) in [5.41, 5.74) is 3.91. The first-order chi connectivity index (χ1) is 18.2. The lowest BCUT2D eigenvalue weighted by atomic mass is 9.93. The molecular formula is C32H24NO3P. The molecule has 1 aliphatic heterocycles. The van der Waals surface area contributed by atoms with Crippen molar-refractivity contribution < 1.29 is 13.8 Å². The zero-order valence-corrected chi connectivity index (χ0v) is 20.9. The molecule has 5 heteroatoms. The summed E-state index contributed by atoms with van der Waals surface area (Å²) in [6.07, 6.45) is 4.73. The molecule has 1 unspecified atom stereocenters. The maximum atomic E-state index is 15.6. The van der Waals surface area contributed by atoms with Gasteiger partial charge in [-0.3, -0.25) is 4.79 Å². The third-order valence-corrected chi connectivity index (χ3v) is 10.1. The van der Waals surface area contributed by atoms with Gasteiger partial charge >= 0.3 is 0 Å². The number of hydrogen-bond acceptors (Lipinski definition) is 4. The molecule has 0 radical (unpaired) electrons. The molecular weight excluding hydrogens is 477 g/mol. The topological polar surface area (TPSA) is 50.5 Å². The van der Waals surface area contributed by atoms with Crippen LogP contribution in [0.3, 0.4) is 0 Å². The monoisotopic (exact) mass is 501 g/mol. The number of anilines is 1. The van der Waals surface area contributed by atoms with Crippen LogP contribution in [0, 0.1) is 0 Å². The van der Waals surface area contributed by atoms with Crippen molar-refractivity contribution in [2.24, 2.45) is 0 Å². The molecule has 1 aromatic heterocycles. The lowest BCUT2D eigenvalue weighted by molar-refractivity contribution is 0.102. The molecule has 37 heavy (non-hydrogen) atoms. The van der Waals surface area contributed by atoms with Crippen molar-refractivity contribution in [2.45, 2.75) is 5.78 Å². The predicted molar refractivity (Wildman–Crippen MR) is 149 cm³/mol. The Morgan fingerprint density at radius 2 is 1.30 bits per heavy atom. The molecule has 6 rings (SSSR count). The number of hydrogen-bond donors (Lipinski definition) is 0. The zero-order valence-electron chi connectivity index (χ0n) is 20.0. The van der Waals surface area contributed by atoms with Crippen molar-refractivity contribution in [3.63, 3.8) is 0 Å². The summed E-state index contributed by atoms with van der Waals surface area (Å²) in [5.74, 6) is -0.564. The van der Waals surface area contributed by atoms with Crippen molar-refractivity contribution in [1.82, 2.24) is 0 Å². The first-order valence-electron chi connectivity index (χ1n) is 12.1. The lowest BCUT2D eigenvalue weighted by Gasteiger charge is -2.42. The minimum Gasteiger partial charge on any atom is -0.461 e. The highest BCUT2D eigenvalue weighted by molar-refractivity contribution is 7.79. The number of allylic oxidation sites excluding steroid dienone is 1. The summed E-state index contributed by atoms with van der Waals surface area (Å²) in [7, 11) is -3.32. The second-order valence-electron chi connectivity index (χ2n) is 8.87. The number of rotatable bonds is 6. The highest BCUT2D eigenvalue weighted by Gasteiger charge is 2.44. The fraction of sp³-hybridized carbons (Fsp3) is 0.0312. The van der Waals surface area contributed by atoms with E-state index in [1.54, 1.807) is 18.3 Å². The van der Waals surface area contributed by atoms with Crippen LogP contribution < -0.4 is 15.5 Å². The first-order valence-corrected chi connectivity index (χ1v) is 13.9. The van der Waals surface area contributed by atoms with Crippen LogP contribution >= 0.6 is 7.14 Å². The largest absolute Gasteiger partial charge is 0.461 e. The Balaban J connectivity index is 1.62. The first kappa shape index (κ1) is 23.0. The molecule has 0 amide bonds. The molecule has 5 aromatic rings. The van der Waals surface area contributed by atoms with Crippen LogP contribution in [0.2, 0.25) is 0 Å². The number of furan rings is 1. The van der Waals surface area contributed by atoms with Gasteiger partial charge in [0.05, 0.1) is 6.26 Å². The van der Waals surface area contributed by atoms with Gasteiger partial charge in [-0.25, -0.2) is 0 Å². The van der Waals surface area contributed by atoms with Crippen molar-refractivity contribution in [1.29, 1.82) is 0 Å². The molecule has 1 aliphatic rings. The fourth-order valence-corrected chi connectivity index (χ4v) is 8.35. The van der Waals surface area contributed by atoms with Gasteiger partial charge in [0, 0.05) is 34.1 Å². The summed E-state index contributed by atoms with van der Waals surface area (Å²) < 4.78 is 21.0. The van der Waals surface area contributed by atoms with Crippen molar-refractivity contribution in [2.75, 3.05) is 4.90 Å². The number of fused-ring (bicyclic) bond motifs is 3. The van der Waals surface area contributed by atoms with E-state index >= 15 is 4.57 Å². The van der Waals surface area contributed by atoms with Crippen molar-refractivity contribution in [3.05, 3.63) is 151 Å². The van der Waals surface area contributed by atoms with Crippen LogP contribution in [-0.2, 0) is 4.57 Å². The summed E-state index contributed by atoms with van der Waals surface area (Å²) in [6.45, 7) is 0. The van der Waals surface area contributed by atoms with Gasteiger partial charge in [-0.05, 0) is 29.3 Å². The molecule has 4 aromatic carbocycles. The van der Waals surface area contributed by atoms with Gasteiger partial charge in [0.25, 0.3) is 0 Å². The van der Waals surface area contributed by atoms with Crippen LogP contribution in [0.15, 0.2) is 144 Å². The van der Waals surface area contributed by atoms with Crippen LogP contribution in [0.5, 0.6) is 0 Å². The number of carbonyl (C=O) groups is 1. The van der Waals surface area contributed by atoms with Crippen molar-refractivity contribution >= 4 is 29.2 Å². The van der Waals surface area contributed by atoms with Crippen molar-refractivity contribution in [3.8, 4) is 11.1 Å². The third-order valence-electron chi connectivity index (χ3n) is 6.75. The molecule has 4 nitrogen and oxygen atoms in total. The highest BCUT2D eigenvalue weighted by Crippen LogP contribution is 2.63. The molecule has 180 valence electrons. The van der Waals surface area contributed by atoms with E-state index in [0.717, 1.165) is 33.0 Å². The number of para-hydroxylation sites is 1. The van der Waals surface area contributed by atoms with E-state index in [2.05, 4.69) is 12.1 Å². The summed E-state index contributed by atoms with van der Waals surface area (Å²) >= 11 is 0. The Labute approximate surface area is 215 Å². The van der Waals surface area contributed by atoms with Crippen LogP contribution in [0.25, 0.3) is 11.1 Å². The van der Waals surface area contributed by atoms with Gasteiger partial charge in [0.2, 0.25) is 5.78 Å². The van der Waals surface area contributed by atoms with Gasteiger partial charge in [-0.2, -0.15) is 0 Å². The SMILES string of the molecule is O=C(/C=C/N1c2ccccc2-c2ccccc2C1P(=O)(c1ccccc1)c1ccccc1)c1ccco1. The Bertz CT molecular complexity index is 1580. The summed E-state index contributed by atoms with van der Waals surface area (Å²) in [5, 5.41) is 1.52. The Kier molecular flexibility index (Phi) is 5.96. The van der Waals surface area contributed by atoms with Gasteiger partial charge < -0.3 is 13.9 Å². The van der Waals surface area contributed by atoms with Gasteiger partial charge in [0.1, 0.15) is 5.78 Å². The standard InChI is InChI=1S/C32H24NO3P/c34-30(31-20-11-23-36-31)21-22-33-29-19-10-9-17-27(29)26-16-7-8-18-28(26)32(33)37(35,24-12-3-1-4-13-24)25-14-5-2-6-15-25/h1-23,32H/b22-21+. The molecule has 0 bridgehead atoms. The molecule has 0 spiro atoms. The van der Waals surface area contributed by atoms with E-state index in [-0.39, 0.29) is 11.5 Å². The summed E-state index contributed by atoms with van der Waals surface area (Å²) in [6, 6.07) is 38.8. The predicted octanol–water partition coefficient (Wildman–Crippen LogP) is 7.18. The average molecular weight is 502 g/mol. The van der Waals surface area contributed by atoms with E-state index < -0.39 is 12.9 Å². The van der Waals surface area contributed by atoms with Gasteiger partial charge in [0.15, 0.2) is 12.9 Å². The van der Waals surface area contributed by atoms with E-state index in [9.17, 15) is 4.79 Å². The fourth-order valence-electron chi connectivity index (χ4n) is 5.09. The molecule has 2 heterocycles. The second kappa shape index (κ2) is 9.57. The molecule has 0 saturated carbocycles. The Hall–Kier alpha value is -4.40. The van der Waals surface area contributed by atoms with E-state index in [1.165, 1.54) is 12.3 Å².